The average molecular weight is 533 g/mol. The molecule has 9 heteroatoms. The van der Waals surface area contributed by atoms with Gasteiger partial charge in [-0.3, -0.25) is 9.69 Å². The van der Waals surface area contributed by atoms with Gasteiger partial charge in [0.25, 0.3) is 0 Å². The van der Waals surface area contributed by atoms with E-state index in [4.69, 9.17) is 9.47 Å². The van der Waals surface area contributed by atoms with E-state index in [0.29, 0.717) is 18.5 Å². The average Bonchev–Trinajstić information content (AvgIpc) is 3.33. The standard InChI is InChI=1S/C30H36N4O5/c1-2-20-7-8-27-23(14-20)25(16-30(39-27)9-4-10-30)32-18-26(35)24(15-21-5-3-6-22(13-21)17-31)33-28(36)19-34-11-12-38-29(34)37/h3,5-8,13-14,24-26,32,35H,2,4,9-12,15-16,18-19H2,1H3,(H,33,36)/t24-,25-,26-/m0/s1. The highest BCUT2D eigenvalue weighted by Gasteiger charge is 2.45. The van der Waals surface area contributed by atoms with E-state index in [0.717, 1.165) is 49.0 Å². The zero-order valence-electron chi connectivity index (χ0n) is 22.3. The van der Waals surface area contributed by atoms with Crippen molar-refractivity contribution >= 4 is 12.0 Å². The number of amides is 2. The molecule has 39 heavy (non-hydrogen) atoms. The summed E-state index contributed by atoms with van der Waals surface area (Å²) < 4.78 is 11.4. The van der Waals surface area contributed by atoms with Crippen LogP contribution in [-0.4, -0.2) is 66.0 Å². The van der Waals surface area contributed by atoms with Gasteiger partial charge in [-0.05, 0) is 61.4 Å². The zero-order valence-corrected chi connectivity index (χ0v) is 22.3. The Morgan fingerprint density at radius 2 is 2.10 bits per heavy atom. The highest BCUT2D eigenvalue weighted by atomic mass is 16.6. The molecule has 2 fully saturated rings. The molecule has 2 amide bonds. The lowest BCUT2D eigenvalue weighted by Gasteiger charge is -2.48. The van der Waals surface area contributed by atoms with Crippen LogP contribution in [0.3, 0.4) is 0 Å². The first-order valence-electron chi connectivity index (χ1n) is 13.8. The number of aliphatic hydroxyl groups excluding tert-OH is 1. The fraction of sp³-hybridized carbons (Fsp3) is 0.500. The van der Waals surface area contributed by atoms with Crippen molar-refractivity contribution < 1.29 is 24.2 Å². The van der Waals surface area contributed by atoms with Gasteiger partial charge in [-0.15, -0.1) is 0 Å². The van der Waals surface area contributed by atoms with Crippen molar-refractivity contribution in [3.63, 3.8) is 0 Å². The number of hydrogen-bond acceptors (Lipinski definition) is 7. The van der Waals surface area contributed by atoms with E-state index in [1.807, 2.05) is 6.07 Å². The molecule has 3 atom stereocenters. The number of carbonyl (C=O) groups excluding carboxylic acids is 2. The van der Waals surface area contributed by atoms with E-state index in [1.54, 1.807) is 18.2 Å². The minimum absolute atomic E-state index is 0.0211. The molecule has 0 unspecified atom stereocenters. The molecule has 2 heterocycles. The number of carbonyl (C=O) groups is 2. The van der Waals surface area contributed by atoms with Gasteiger partial charge in [0.1, 0.15) is 24.5 Å². The fourth-order valence-electron chi connectivity index (χ4n) is 5.70. The number of aryl methyl sites for hydroxylation is 1. The van der Waals surface area contributed by atoms with Crippen molar-refractivity contribution in [3.8, 4) is 11.8 Å². The van der Waals surface area contributed by atoms with E-state index in [1.165, 1.54) is 10.5 Å². The Hall–Kier alpha value is -3.61. The summed E-state index contributed by atoms with van der Waals surface area (Å²) in [5.41, 5.74) is 3.53. The van der Waals surface area contributed by atoms with Crippen LogP contribution in [0.4, 0.5) is 4.79 Å². The molecule has 2 aliphatic heterocycles. The minimum Gasteiger partial charge on any atom is -0.487 e. The summed E-state index contributed by atoms with van der Waals surface area (Å²) in [7, 11) is 0. The molecule has 0 aromatic heterocycles. The van der Waals surface area contributed by atoms with Gasteiger partial charge in [-0.2, -0.15) is 5.26 Å². The largest absolute Gasteiger partial charge is 0.487 e. The van der Waals surface area contributed by atoms with Crippen LogP contribution < -0.4 is 15.4 Å². The quantitative estimate of drug-likeness (QED) is 0.430. The van der Waals surface area contributed by atoms with E-state index < -0.39 is 18.2 Å². The van der Waals surface area contributed by atoms with Crippen LogP contribution in [0.25, 0.3) is 0 Å². The molecule has 206 valence electrons. The second kappa shape index (κ2) is 11.6. The topological polar surface area (TPSA) is 124 Å². The molecular weight excluding hydrogens is 496 g/mol. The summed E-state index contributed by atoms with van der Waals surface area (Å²) in [5, 5.41) is 27.2. The van der Waals surface area contributed by atoms with Gasteiger partial charge in [0.2, 0.25) is 5.91 Å². The number of ether oxygens (including phenoxy) is 2. The fourth-order valence-corrected chi connectivity index (χ4v) is 5.70. The predicted molar refractivity (Wildman–Crippen MR) is 144 cm³/mol. The lowest BCUT2D eigenvalue weighted by atomic mass is 9.72. The van der Waals surface area contributed by atoms with Crippen molar-refractivity contribution in [2.75, 3.05) is 26.2 Å². The molecule has 0 bridgehead atoms. The summed E-state index contributed by atoms with van der Waals surface area (Å²) in [6, 6.07) is 15.0. The number of nitriles is 1. The number of cyclic esters (lactones) is 1. The first kappa shape index (κ1) is 27.0. The van der Waals surface area contributed by atoms with Gasteiger partial charge in [0.05, 0.1) is 30.3 Å². The van der Waals surface area contributed by atoms with E-state index in [2.05, 4.69) is 41.8 Å². The van der Waals surface area contributed by atoms with Crippen LogP contribution in [0.15, 0.2) is 42.5 Å². The Balaban J connectivity index is 1.30. The summed E-state index contributed by atoms with van der Waals surface area (Å²) in [6.07, 6.45) is 3.86. The first-order valence-corrected chi connectivity index (χ1v) is 13.8. The lowest BCUT2D eigenvalue weighted by Crippen LogP contribution is -2.53. The maximum Gasteiger partial charge on any atom is 0.410 e. The molecule has 5 rings (SSSR count). The van der Waals surface area contributed by atoms with Crippen molar-refractivity contribution in [2.24, 2.45) is 0 Å². The minimum atomic E-state index is -0.914. The maximum atomic E-state index is 12.9. The van der Waals surface area contributed by atoms with Crippen LogP contribution in [0.5, 0.6) is 5.75 Å². The zero-order chi connectivity index (χ0) is 27.4. The van der Waals surface area contributed by atoms with Gasteiger partial charge in [-0.1, -0.05) is 31.2 Å². The molecule has 1 saturated heterocycles. The van der Waals surface area contributed by atoms with Gasteiger partial charge < -0.3 is 25.2 Å². The van der Waals surface area contributed by atoms with Crippen LogP contribution >= 0.6 is 0 Å². The Bertz CT molecular complexity index is 1250. The van der Waals surface area contributed by atoms with Crippen LogP contribution in [0, 0.1) is 11.3 Å². The highest BCUT2D eigenvalue weighted by molar-refractivity contribution is 5.83. The second-order valence-corrected chi connectivity index (χ2v) is 10.8. The summed E-state index contributed by atoms with van der Waals surface area (Å²) >= 11 is 0. The van der Waals surface area contributed by atoms with Crippen molar-refractivity contribution in [1.29, 1.82) is 5.26 Å². The third kappa shape index (κ3) is 6.18. The third-order valence-corrected chi connectivity index (χ3v) is 8.10. The SMILES string of the molecule is CCc1ccc2c(c1)[C@@H](NC[C@H](O)[C@H](Cc1cccc(C#N)c1)NC(=O)CN1CCOC1=O)CC1(CCC1)O2. The smallest absolute Gasteiger partial charge is 0.410 e. The number of benzene rings is 2. The monoisotopic (exact) mass is 532 g/mol. The number of hydrogen-bond donors (Lipinski definition) is 3. The third-order valence-electron chi connectivity index (χ3n) is 8.10. The Labute approximate surface area is 229 Å². The van der Waals surface area contributed by atoms with E-state index >= 15 is 0 Å². The van der Waals surface area contributed by atoms with Crippen molar-refractivity contribution in [3.05, 3.63) is 64.7 Å². The van der Waals surface area contributed by atoms with Crippen molar-refractivity contribution in [1.82, 2.24) is 15.5 Å². The van der Waals surface area contributed by atoms with Gasteiger partial charge in [0, 0.05) is 24.6 Å². The van der Waals surface area contributed by atoms with Gasteiger partial charge in [-0.25, -0.2) is 4.79 Å². The number of nitrogens with zero attached hydrogens (tertiary/aromatic N) is 2. The second-order valence-electron chi connectivity index (χ2n) is 10.8. The molecule has 2 aromatic carbocycles. The Morgan fingerprint density at radius 3 is 2.79 bits per heavy atom. The molecule has 3 aliphatic rings. The first-order chi connectivity index (χ1) is 18.9. The molecule has 3 N–H and O–H groups in total. The van der Waals surface area contributed by atoms with E-state index in [-0.39, 0.29) is 37.2 Å². The predicted octanol–water partition coefficient (Wildman–Crippen LogP) is 3.00. The normalized spacial score (nSPS) is 20.7. The molecule has 1 aliphatic carbocycles. The van der Waals surface area contributed by atoms with E-state index in [9.17, 15) is 20.0 Å². The van der Waals surface area contributed by atoms with Crippen LogP contribution in [0.1, 0.15) is 60.9 Å². The summed E-state index contributed by atoms with van der Waals surface area (Å²) in [5.74, 6) is 0.535. The molecule has 0 radical (unpaired) electrons. The Kier molecular flexibility index (Phi) is 8.05. The van der Waals surface area contributed by atoms with Crippen LogP contribution in [-0.2, 0) is 22.4 Å². The summed E-state index contributed by atoms with van der Waals surface area (Å²) in [6.45, 7) is 2.86. The highest BCUT2D eigenvalue weighted by Crippen LogP contribution is 2.49. The maximum absolute atomic E-state index is 12.9. The van der Waals surface area contributed by atoms with Gasteiger partial charge >= 0.3 is 6.09 Å². The number of fused-ring (bicyclic) bond motifs is 1. The molecule has 9 nitrogen and oxygen atoms in total. The molecule has 2 aromatic rings. The Morgan fingerprint density at radius 1 is 1.26 bits per heavy atom. The van der Waals surface area contributed by atoms with Crippen molar-refractivity contribution in [2.45, 2.75) is 69.2 Å². The number of aliphatic hydroxyl groups is 1. The molecule has 1 spiro atoms. The van der Waals surface area contributed by atoms with Gasteiger partial charge in [0.15, 0.2) is 0 Å². The molecule has 1 saturated carbocycles. The summed E-state index contributed by atoms with van der Waals surface area (Å²) in [4.78, 5) is 26.0. The van der Waals surface area contributed by atoms with Crippen LogP contribution in [0.2, 0.25) is 0 Å². The number of rotatable bonds is 10. The molecular formula is C30H36N4O5. The number of nitrogens with one attached hydrogen (secondary N) is 2. The lowest BCUT2D eigenvalue weighted by molar-refractivity contribution is -0.123.